The predicted octanol–water partition coefficient (Wildman–Crippen LogP) is 2.53. The fraction of sp³-hybridized carbons (Fsp3) is 0. The number of benzene rings is 1. The molecule has 0 aromatic heterocycles. The number of hydrogen-bond acceptors (Lipinski definition) is 4. The lowest BCUT2D eigenvalue weighted by atomic mass is 10.3. The van der Waals surface area contributed by atoms with Crippen LogP contribution in [0.15, 0.2) is 41.9 Å². The van der Waals surface area contributed by atoms with Crippen LogP contribution in [-0.4, -0.2) is 5.11 Å². The zero-order chi connectivity index (χ0) is 8.81. The predicted molar refractivity (Wildman–Crippen MR) is 47.3 cm³/mol. The smallest absolute Gasteiger partial charge is 0.108 e. The monoisotopic (exact) mass is 164 g/mol. The molecule has 1 aromatic carbocycles. The first-order chi connectivity index (χ1) is 5.86. The van der Waals surface area contributed by atoms with Crippen molar-refractivity contribution >= 4 is 11.4 Å². The summed E-state index contributed by atoms with van der Waals surface area (Å²) in [6.45, 7) is 0. The Morgan fingerprint density at radius 2 is 2.00 bits per heavy atom. The summed E-state index contributed by atoms with van der Waals surface area (Å²) in [7, 11) is 0. The Hall–Kier alpha value is -1.84. The minimum Gasteiger partial charge on any atom is -0.514 e. The first-order valence-corrected chi connectivity index (χ1v) is 3.36. The number of nitroso groups, excluding NO2 is 1. The van der Waals surface area contributed by atoms with Gasteiger partial charge in [-0.05, 0) is 29.4 Å². The van der Waals surface area contributed by atoms with Crippen molar-refractivity contribution in [2.45, 2.75) is 0 Å². The van der Waals surface area contributed by atoms with E-state index in [-0.39, 0.29) is 0 Å². The molecule has 0 radical (unpaired) electrons. The van der Waals surface area contributed by atoms with Crippen LogP contribution in [0.4, 0.5) is 11.4 Å². The lowest BCUT2D eigenvalue weighted by molar-refractivity contribution is 0.473. The van der Waals surface area contributed by atoms with E-state index in [2.05, 4.69) is 10.5 Å². The maximum absolute atomic E-state index is 10.0. The van der Waals surface area contributed by atoms with E-state index in [0.29, 0.717) is 5.69 Å². The maximum atomic E-state index is 10.0. The highest BCUT2D eigenvalue weighted by atomic mass is 16.3. The molecule has 0 heterocycles. The van der Waals surface area contributed by atoms with Gasteiger partial charge in [0.25, 0.3) is 0 Å². The molecule has 2 N–H and O–H groups in total. The van der Waals surface area contributed by atoms with Crippen molar-refractivity contribution in [3.8, 4) is 0 Å². The molecule has 0 amide bonds. The van der Waals surface area contributed by atoms with Crippen molar-refractivity contribution in [3.63, 3.8) is 0 Å². The summed E-state index contributed by atoms with van der Waals surface area (Å²) in [4.78, 5) is 10.0. The van der Waals surface area contributed by atoms with E-state index >= 15 is 0 Å². The van der Waals surface area contributed by atoms with Gasteiger partial charge in [-0.1, -0.05) is 0 Å². The van der Waals surface area contributed by atoms with Gasteiger partial charge in [0.05, 0.1) is 6.26 Å². The Morgan fingerprint density at radius 1 is 1.33 bits per heavy atom. The second kappa shape index (κ2) is 4.12. The molecule has 4 nitrogen and oxygen atoms in total. The molecule has 1 rings (SSSR count). The average Bonchev–Trinajstić information content (AvgIpc) is 2.15. The molecule has 12 heavy (non-hydrogen) atoms. The van der Waals surface area contributed by atoms with Gasteiger partial charge in [0.1, 0.15) is 5.69 Å². The van der Waals surface area contributed by atoms with Gasteiger partial charge in [0.2, 0.25) is 0 Å². The molecule has 1 aromatic rings. The molecule has 62 valence electrons. The van der Waals surface area contributed by atoms with Crippen LogP contribution >= 0.6 is 0 Å². The third-order valence-electron chi connectivity index (χ3n) is 1.30. The molecule has 4 heteroatoms. The molecule has 0 saturated carbocycles. The summed E-state index contributed by atoms with van der Waals surface area (Å²) >= 11 is 0. The summed E-state index contributed by atoms with van der Waals surface area (Å²) in [5, 5.41) is 13.8. The second-order valence-electron chi connectivity index (χ2n) is 2.10. The van der Waals surface area contributed by atoms with E-state index in [1.165, 1.54) is 6.20 Å². The Bertz CT molecular complexity index is 280. The second-order valence-corrected chi connectivity index (χ2v) is 2.10. The number of nitrogens with one attached hydrogen (secondary N) is 1. The van der Waals surface area contributed by atoms with Crippen molar-refractivity contribution in [2.75, 3.05) is 5.32 Å². The van der Waals surface area contributed by atoms with E-state index in [1.54, 1.807) is 24.3 Å². The first-order valence-electron chi connectivity index (χ1n) is 3.36. The number of nitrogens with zero attached hydrogens (tertiary/aromatic N) is 1. The van der Waals surface area contributed by atoms with Crippen molar-refractivity contribution < 1.29 is 5.11 Å². The molecular formula is C8H8N2O2. The lowest BCUT2D eigenvalue weighted by Gasteiger charge is -1.97. The standard InChI is InChI=1S/C8H8N2O2/c11-6-5-9-7-1-3-8(10-12)4-2-7/h1-6,9,11H. The summed E-state index contributed by atoms with van der Waals surface area (Å²) in [6, 6.07) is 6.55. The lowest BCUT2D eigenvalue weighted by Crippen LogP contribution is -1.85. The van der Waals surface area contributed by atoms with E-state index < -0.39 is 0 Å². The van der Waals surface area contributed by atoms with Crippen molar-refractivity contribution in [2.24, 2.45) is 5.18 Å². The summed E-state index contributed by atoms with van der Waals surface area (Å²) in [5.41, 5.74) is 1.17. The van der Waals surface area contributed by atoms with E-state index in [4.69, 9.17) is 5.11 Å². The average molecular weight is 164 g/mol. The van der Waals surface area contributed by atoms with Crippen LogP contribution in [0, 0.1) is 4.91 Å². The SMILES string of the molecule is O=Nc1ccc(NC=CO)cc1. The van der Waals surface area contributed by atoms with Crippen molar-refractivity contribution in [3.05, 3.63) is 41.6 Å². The molecule has 0 fully saturated rings. The first kappa shape index (κ1) is 8.26. The van der Waals surface area contributed by atoms with E-state index in [0.717, 1.165) is 11.9 Å². The third kappa shape index (κ3) is 2.09. The van der Waals surface area contributed by atoms with Gasteiger partial charge < -0.3 is 10.4 Å². The number of aliphatic hydroxyl groups is 1. The highest BCUT2D eigenvalue weighted by Gasteiger charge is 1.90. The largest absolute Gasteiger partial charge is 0.514 e. The Balaban J connectivity index is 2.70. The van der Waals surface area contributed by atoms with Gasteiger partial charge >= 0.3 is 0 Å². The quantitative estimate of drug-likeness (QED) is 0.533. The summed E-state index contributed by atoms with van der Waals surface area (Å²) < 4.78 is 0. The van der Waals surface area contributed by atoms with Crippen LogP contribution in [0.5, 0.6) is 0 Å². The van der Waals surface area contributed by atoms with Crippen molar-refractivity contribution in [1.29, 1.82) is 0 Å². The van der Waals surface area contributed by atoms with Gasteiger partial charge in [-0.3, -0.25) is 0 Å². The van der Waals surface area contributed by atoms with Crippen molar-refractivity contribution in [1.82, 2.24) is 0 Å². The zero-order valence-electron chi connectivity index (χ0n) is 6.27. The van der Waals surface area contributed by atoms with Gasteiger partial charge in [0.15, 0.2) is 0 Å². The topological polar surface area (TPSA) is 61.7 Å². The molecular weight excluding hydrogens is 156 g/mol. The number of aliphatic hydroxyl groups excluding tert-OH is 1. The Kier molecular flexibility index (Phi) is 2.84. The van der Waals surface area contributed by atoms with Gasteiger partial charge in [-0.2, -0.15) is 0 Å². The minimum absolute atomic E-state index is 0.383. The van der Waals surface area contributed by atoms with Crippen LogP contribution in [0.3, 0.4) is 0 Å². The van der Waals surface area contributed by atoms with Crippen LogP contribution in [0.25, 0.3) is 0 Å². The molecule has 0 aliphatic rings. The van der Waals surface area contributed by atoms with Gasteiger partial charge in [-0.15, -0.1) is 4.91 Å². The number of rotatable bonds is 3. The van der Waals surface area contributed by atoms with Crippen LogP contribution in [0.1, 0.15) is 0 Å². The number of hydrogen-bond donors (Lipinski definition) is 2. The zero-order valence-corrected chi connectivity index (χ0v) is 6.27. The maximum Gasteiger partial charge on any atom is 0.108 e. The molecule has 0 unspecified atom stereocenters. The number of anilines is 1. The van der Waals surface area contributed by atoms with E-state index in [1.807, 2.05) is 0 Å². The minimum atomic E-state index is 0.383. The van der Waals surface area contributed by atoms with Gasteiger partial charge in [-0.25, -0.2) is 0 Å². The molecule has 0 aliphatic heterocycles. The highest BCUT2D eigenvalue weighted by molar-refractivity contribution is 5.51. The molecule has 0 bridgehead atoms. The van der Waals surface area contributed by atoms with Crippen LogP contribution in [-0.2, 0) is 0 Å². The fourth-order valence-electron chi connectivity index (χ4n) is 0.752. The Labute approximate surface area is 69.5 Å². The molecule has 0 saturated heterocycles. The van der Waals surface area contributed by atoms with Gasteiger partial charge in [0, 0.05) is 11.9 Å². The fourth-order valence-corrected chi connectivity index (χ4v) is 0.752. The van der Waals surface area contributed by atoms with Crippen LogP contribution < -0.4 is 5.32 Å². The summed E-state index contributed by atoms with van der Waals surface area (Å²) in [6.07, 6.45) is 2.27. The van der Waals surface area contributed by atoms with Crippen LogP contribution in [0.2, 0.25) is 0 Å². The molecule has 0 aliphatic carbocycles. The molecule has 0 atom stereocenters. The third-order valence-corrected chi connectivity index (χ3v) is 1.30. The summed E-state index contributed by atoms with van der Waals surface area (Å²) in [5.74, 6) is 0. The van der Waals surface area contributed by atoms with E-state index in [9.17, 15) is 4.91 Å². The normalized spacial score (nSPS) is 10.0. The molecule has 0 spiro atoms. The Morgan fingerprint density at radius 3 is 2.50 bits per heavy atom. The highest BCUT2D eigenvalue weighted by Crippen LogP contribution is 2.15.